The van der Waals surface area contributed by atoms with Gasteiger partial charge in [-0.05, 0) is 48.4 Å². The molecule has 2 nitrogen and oxygen atoms in total. The van der Waals surface area contributed by atoms with Gasteiger partial charge < -0.3 is 10.5 Å². The zero-order valence-electron chi connectivity index (χ0n) is 12.5. The number of halogens is 1. The molecule has 1 aromatic rings. The summed E-state index contributed by atoms with van der Waals surface area (Å²) in [7, 11) is 0. The molecule has 2 N–H and O–H groups in total. The van der Waals surface area contributed by atoms with Gasteiger partial charge in [-0.2, -0.15) is 0 Å². The van der Waals surface area contributed by atoms with Crippen LogP contribution in [0.5, 0.6) is 5.75 Å². The van der Waals surface area contributed by atoms with E-state index in [0.29, 0.717) is 0 Å². The van der Waals surface area contributed by atoms with Crippen LogP contribution in [0.4, 0.5) is 0 Å². The number of nitrogens with two attached hydrogens (primary N) is 1. The molecular weight excluding hydrogens is 258 g/mol. The van der Waals surface area contributed by atoms with Crippen molar-refractivity contribution in [2.45, 2.75) is 53.0 Å². The minimum absolute atomic E-state index is 0.156. The largest absolute Gasteiger partial charge is 0.493 e. The van der Waals surface area contributed by atoms with Gasteiger partial charge in [0.2, 0.25) is 0 Å². The standard InChI is InChI=1S/C16H26ClNO/c1-5-14(18)11-12-10-13(17)6-7-15(12)19-9-8-16(2,3)4/h6-7,10,14H,5,8-9,11,18H2,1-4H3. The van der Waals surface area contributed by atoms with Gasteiger partial charge in [-0.3, -0.25) is 0 Å². The Morgan fingerprint density at radius 2 is 2.00 bits per heavy atom. The van der Waals surface area contributed by atoms with Gasteiger partial charge in [-0.25, -0.2) is 0 Å². The van der Waals surface area contributed by atoms with Gasteiger partial charge in [0.15, 0.2) is 0 Å². The first-order chi connectivity index (χ1) is 8.81. The molecule has 0 radical (unpaired) electrons. The molecule has 1 unspecified atom stereocenters. The zero-order chi connectivity index (χ0) is 14.5. The quantitative estimate of drug-likeness (QED) is 0.838. The van der Waals surface area contributed by atoms with Crippen molar-refractivity contribution in [2.75, 3.05) is 6.61 Å². The molecule has 19 heavy (non-hydrogen) atoms. The van der Waals surface area contributed by atoms with Gasteiger partial charge in [0.25, 0.3) is 0 Å². The number of rotatable bonds is 6. The van der Waals surface area contributed by atoms with Crippen molar-refractivity contribution in [3.05, 3.63) is 28.8 Å². The third-order valence-corrected chi connectivity index (χ3v) is 3.37. The van der Waals surface area contributed by atoms with Crippen molar-refractivity contribution in [2.24, 2.45) is 11.1 Å². The Hall–Kier alpha value is -0.730. The summed E-state index contributed by atoms with van der Waals surface area (Å²) in [5, 5.41) is 0.737. The Kier molecular flexibility index (Phi) is 6.15. The summed E-state index contributed by atoms with van der Waals surface area (Å²) >= 11 is 6.05. The first-order valence-corrected chi connectivity index (χ1v) is 7.36. The van der Waals surface area contributed by atoms with Crippen LogP contribution < -0.4 is 10.5 Å². The van der Waals surface area contributed by atoms with Gasteiger partial charge >= 0.3 is 0 Å². The minimum atomic E-state index is 0.156. The van der Waals surface area contributed by atoms with E-state index in [1.54, 1.807) is 0 Å². The lowest BCUT2D eigenvalue weighted by Gasteiger charge is -2.20. The van der Waals surface area contributed by atoms with Crippen molar-refractivity contribution in [3.63, 3.8) is 0 Å². The molecule has 0 aromatic heterocycles. The molecule has 1 aromatic carbocycles. The van der Waals surface area contributed by atoms with Crippen LogP contribution in [0, 0.1) is 5.41 Å². The Morgan fingerprint density at radius 1 is 1.32 bits per heavy atom. The number of hydrogen-bond donors (Lipinski definition) is 1. The van der Waals surface area contributed by atoms with Crippen LogP contribution >= 0.6 is 11.6 Å². The van der Waals surface area contributed by atoms with Crippen LogP contribution in [0.3, 0.4) is 0 Å². The predicted octanol–water partition coefficient (Wildman–Crippen LogP) is 4.43. The van der Waals surface area contributed by atoms with E-state index in [2.05, 4.69) is 27.7 Å². The molecule has 1 atom stereocenters. The number of hydrogen-bond acceptors (Lipinski definition) is 2. The van der Waals surface area contributed by atoms with Crippen LogP contribution in [-0.4, -0.2) is 12.6 Å². The Morgan fingerprint density at radius 3 is 2.58 bits per heavy atom. The molecule has 0 aliphatic heterocycles. The maximum Gasteiger partial charge on any atom is 0.122 e. The van der Waals surface area contributed by atoms with Crippen LogP contribution in [0.2, 0.25) is 5.02 Å². The summed E-state index contributed by atoms with van der Waals surface area (Å²) in [6, 6.07) is 5.93. The summed E-state index contributed by atoms with van der Waals surface area (Å²) in [4.78, 5) is 0. The van der Waals surface area contributed by atoms with E-state index >= 15 is 0 Å². The highest BCUT2D eigenvalue weighted by atomic mass is 35.5. The van der Waals surface area contributed by atoms with Crippen LogP contribution in [0.25, 0.3) is 0 Å². The summed E-state index contributed by atoms with van der Waals surface area (Å²) in [6.45, 7) is 9.46. The Labute approximate surface area is 122 Å². The molecule has 3 heteroatoms. The van der Waals surface area contributed by atoms with E-state index in [4.69, 9.17) is 22.1 Å². The van der Waals surface area contributed by atoms with Crippen molar-refractivity contribution < 1.29 is 4.74 Å². The molecule has 0 aliphatic carbocycles. The monoisotopic (exact) mass is 283 g/mol. The zero-order valence-corrected chi connectivity index (χ0v) is 13.3. The van der Waals surface area contributed by atoms with E-state index in [1.165, 1.54) is 0 Å². The molecule has 0 amide bonds. The second-order valence-corrected chi connectivity index (χ2v) is 6.72. The van der Waals surface area contributed by atoms with Gasteiger partial charge in [0, 0.05) is 11.1 Å². The molecule has 0 saturated carbocycles. The number of ether oxygens (including phenoxy) is 1. The smallest absolute Gasteiger partial charge is 0.122 e. The maximum absolute atomic E-state index is 6.05. The summed E-state index contributed by atoms with van der Waals surface area (Å²) in [5.74, 6) is 0.914. The highest BCUT2D eigenvalue weighted by molar-refractivity contribution is 6.30. The molecule has 0 fully saturated rings. The van der Waals surface area contributed by atoms with E-state index in [-0.39, 0.29) is 11.5 Å². The lowest BCUT2D eigenvalue weighted by molar-refractivity contribution is 0.241. The van der Waals surface area contributed by atoms with Crippen molar-refractivity contribution in [3.8, 4) is 5.75 Å². The summed E-state index contributed by atoms with van der Waals surface area (Å²) < 4.78 is 5.90. The number of benzene rings is 1. The fourth-order valence-electron chi connectivity index (χ4n) is 1.74. The van der Waals surface area contributed by atoms with E-state index in [9.17, 15) is 0 Å². The van der Waals surface area contributed by atoms with E-state index in [1.807, 2.05) is 18.2 Å². The van der Waals surface area contributed by atoms with Crippen LogP contribution in [0.1, 0.15) is 46.1 Å². The SMILES string of the molecule is CCC(N)Cc1cc(Cl)ccc1OCCC(C)(C)C. The van der Waals surface area contributed by atoms with Crippen molar-refractivity contribution in [1.29, 1.82) is 0 Å². The predicted molar refractivity (Wildman–Crippen MR) is 83.0 cm³/mol. The van der Waals surface area contributed by atoms with Gasteiger partial charge in [-0.1, -0.05) is 39.3 Å². The topological polar surface area (TPSA) is 35.2 Å². The maximum atomic E-state index is 6.05. The lowest BCUT2D eigenvalue weighted by atomic mass is 9.93. The molecule has 0 saturated heterocycles. The van der Waals surface area contributed by atoms with E-state index in [0.717, 1.165) is 42.2 Å². The highest BCUT2D eigenvalue weighted by Crippen LogP contribution is 2.26. The molecule has 0 spiro atoms. The third-order valence-electron chi connectivity index (χ3n) is 3.14. The van der Waals surface area contributed by atoms with Crippen molar-refractivity contribution >= 4 is 11.6 Å². The first-order valence-electron chi connectivity index (χ1n) is 6.98. The van der Waals surface area contributed by atoms with E-state index < -0.39 is 0 Å². The van der Waals surface area contributed by atoms with Crippen LogP contribution in [-0.2, 0) is 6.42 Å². The molecular formula is C16H26ClNO. The average molecular weight is 284 g/mol. The second-order valence-electron chi connectivity index (χ2n) is 6.28. The third kappa shape index (κ3) is 6.31. The fourth-order valence-corrected chi connectivity index (χ4v) is 1.94. The highest BCUT2D eigenvalue weighted by Gasteiger charge is 2.12. The van der Waals surface area contributed by atoms with Gasteiger partial charge in [0.05, 0.1) is 6.61 Å². The average Bonchev–Trinajstić information content (AvgIpc) is 2.30. The summed E-state index contributed by atoms with van der Waals surface area (Å²) in [5.41, 5.74) is 7.41. The minimum Gasteiger partial charge on any atom is -0.493 e. The van der Waals surface area contributed by atoms with Crippen molar-refractivity contribution in [1.82, 2.24) is 0 Å². The van der Waals surface area contributed by atoms with Gasteiger partial charge in [-0.15, -0.1) is 0 Å². The molecule has 0 aliphatic rings. The Bertz CT molecular complexity index is 398. The summed E-state index contributed by atoms with van der Waals surface area (Å²) in [6.07, 6.45) is 2.78. The lowest BCUT2D eigenvalue weighted by Crippen LogP contribution is -2.22. The van der Waals surface area contributed by atoms with Gasteiger partial charge in [0.1, 0.15) is 5.75 Å². The second kappa shape index (κ2) is 7.16. The van der Waals surface area contributed by atoms with Crippen LogP contribution in [0.15, 0.2) is 18.2 Å². The molecule has 0 bridgehead atoms. The normalized spacial score (nSPS) is 13.4. The fraction of sp³-hybridized carbons (Fsp3) is 0.625. The Balaban J connectivity index is 2.70. The molecule has 108 valence electrons. The first kappa shape index (κ1) is 16.3. The molecule has 0 heterocycles. The molecule has 1 rings (SSSR count).